The molecule has 0 bridgehead atoms. The molecule has 0 atom stereocenters. The first-order valence-electron chi connectivity index (χ1n) is 3.21. The van der Waals surface area contributed by atoms with Crippen LogP contribution in [0.15, 0.2) is 16.3 Å². The Morgan fingerprint density at radius 2 is 2.10 bits per heavy atom. The molecule has 0 saturated carbocycles. The van der Waals surface area contributed by atoms with Crippen molar-refractivity contribution < 1.29 is 4.39 Å². The molecule has 3 heteroatoms. The summed E-state index contributed by atoms with van der Waals surface area (Å²) >= 11 is 0. The predicted molar refractivity (Wildman–Crippen MR) is 41.6 cm³/mol. The van der Waals surface area contributed by atoms with Gasteiger partial charge in [0.25, 0.3) is 0 Å². The number of hydrogen-bond acceptors (Lipinski definition) is 2. The van der Waals surface area contributed by atoms with Crippen LogP contribution in [-0.4, -0.2) is 13.0 Å². The second-order valence-corrected chi connectivity index (χ2v) is 2.03. The van der Waals surface area contributed by atoms with Crippen molar-refractivity contribution in [3.8, 4) is 0 Å². The highest BCUT2D eigenvalue weighted by Crippen LogP contribution is 2.07. The number of allylic oxidation sites excluding steroid dienone is 2. The van der Waals surface area contributed by atoms with Crippen LogP contribution in [0.2, 0.25) is 0 Å². The van der Waals surface area contributed by atoms with Gasteiger partial charge in [-0.3, -0.25) is 4.99 Å². The minimum atomic E-state index is -0.456. The predicted octanol–water partition coefficient (Wildman–Crippen LogP) is 1.63. The number of hydrogen-bond donors (Lipinski definition) is 1. The van der Waals surface area contributed by atoms with E-state index in [1.165, 1.54) is 7.05 Å². The Balaban J connectivity index is 4.54. The molecule has 2 N–H and O–H groups in total. The maximum atomic E-state index is 12.7. The zero-order valence-corrected chi connectivity index (χ0v) is 6.61. The van der Waals surface area contributed by atoms with Crippen LogP contribution in [0.25, 0.3) is 0 Å². The molecule has 0 aliphatic heterocycles. The lowest BCUT2D eigenvalue weighted by Crippen LogP contribution is -2.04. The lowest BCUT2D eigenvalue weighted by Gasteiger charge is -2.00. The Bertz CT molecular complexity index is 160. The Hall–Kier alpha value is -0.860. The summed E-state index contributed by atoms with van der Waals surface area (Å²) in [4.78, 5) is 3.39. The zero-order chi connectivity index (χ0) is 8.15. The lowest BCUT2D eigenvalue weighted by molar-refractivity contribution is 0.787. The third-order valence-corrected chi connectivity index (χ3v) is 1.27. The molecule has 0 rings (SSSR count). The smallest absolute Gasteiger partial charge is 0.212 e. The van der Waals surface area contributed by atoms with Gasteiger partial charge in [0, 0.05) is 18.3 Å². The zero-order valence-electron chi connectivity index (χ0n) is 6.61. The summed E-state index contributed by atoms with van der Waals surface area (Å²) in [6.45, 7) is 3.51. The summed E-state index contributed by atoms with van der Waals surface area (Å²) in [6, 6.07) is 0. The van der Waals surface area contributed by atoms with Crippen molar-refractivity contribution in [3.05, 3.63) is 11.3 Å². The molecule has 0 saturated heterocycles. The molecule has 0 unspecified atom stereocenters. The Kier molecular flexibility index (Phi) is 3.69. The van der Waals surface area contributed by atoms with E-state index >= 15 is 0 Å². The van der Waals surface area contributed by atoms with E-state index in [0.29, 0.717) is 17.7 Å². The molecule has 0 aromatic rings. The third-order valence-electron chi connectivity index (χ3n) is 1.27. The SMILES string of the molecule is CCC(C(F)=NC)=C(C)N. The molecule has 0 amide bonds. The molecule has 0 fully saturated rings. The van der Waals surface area contributed by atoms with Gasteiger partial charge in [0.1, 0.15) is 0 Å². The highest BCUT2D eigenvalue weighted by molar-refractivity contribution is 5.92. The molecule has 0 radical (unpaired) electrons. The number of aliphatic imine (C=N–C) groups is 1. The molecule has 58 valence electrons. The van der Waals surface area contributed by atoms with Gasteiger partial charge in [-0.05, 0) is 13.3 Å². The van der Waals surface area contributed by atoms with Crippen LogP contribution in [0.3, 0.4) is 0 Å². The Labute approximate surface area is 60.6 Å². The lowest BCUT2D eigenvalue weighted by atomic mass is 10.2. The monoisotopic (exact) mass is 144 g/mol. The number of nitrogens with zero attached hydrogens (tertiary/aromatic N) is 1. The van der Waals surface area contributed by atoms with Crippen molar-refractivity contribution in [2.75, 3.05) is 7.05 Å². The summed E-state index contributed by atoms with van der Waals surface area (Å²) in [5.74, 6) is -0.456. The van der Waals surface area contributed by atoms with Crippen molar-refractivity contribution in [2.45, 2.75) is 20.3 Å². The topological polar surface area (TPSA) is 38.4 Å². The highest BCUT2D eigenvalue weighted by Gasteiger charge is 2.03. The van der Waals surface area contributed by atoms with E-state index in [1.807, 2.05) is 6.92 Å². The number of halogens is 1. The molecule has 10 heavy (non-hydrogen) atoms. The van der Waals surface area contributed by atoms with Crippen LogP contribution < -0.4 is 5.73 Å². The van der Waals surface area contributed by atoms with Gasteiger partial charge in [-0.1, -0.05) is 6.92 Å². The van der Waals surface area contributed by atoms with E-state index in [-0.39, 0.29) is 0 Å². The number of rotatable bonds is 2. The van der Waals surface area contributed by atoms with Gasteiger partial charge in [-0.25, -0.2) is 0 Å². The highest BCUT2D eigenvalue weighted by atomic mass is 19.1. The number of nitrogens with two attached hydrogens (primary N) is 1. The summed E-state index contributed by atoms with van der Waals surface area (Å²) in [7, 11) is 1.41. The molecule has 2 nitrogen and oxygen atoms in total. The maximum absolute atomic E-state index is 12.7. The minimum absolute atomic E-state index is 0.456. The van der Waals surface area contributed by atoms with Gasteiger partial charge in [-0.2, -0.15) is 4.39 Å². The van der Waals surface area contributed by atoms with E-state index in [4.69, 9.17) is 5.73 Å². The van der Waals surface area contributed by atoms with Crippen molar-refractivity contribution in [1.29, 1.82) is 0 Å². The van der Waals surface area contributed by atoms with Crippen LogP contribution in [0.5, 0.6) is 0 Å². The maximum Gasteiger partial charge on any atom is 0.212 e. The molecule has 0 aliphatic rings. The average Bonchev–Trinajstić information content (AvgIpc) is 1.88. The summed E-state index contributed by atoms with van der Waals surface area (Å²) in [5, 5.41) is 0. The van der Waals surface area contributed by atoms with Gasteiger partial charge in [0.2, 0.25) is 5.97 Å². The van der Waals surface area contributed by atoms with E-state index in [1.54, 1.807) is 6.92 Å². The Morgan fingerprint density at radius 3 is 2.20 bits per heavy atom. The van der Waals surface area contributed by atoms with Gasteiger partial charge in [0.15, 0.2) is 0 Å². The second-order valence-electron chi connectivity index (χ2n) is 2.03. The van der Waals surface area contributed by atoms with Gasteiger partial charge < -0.3 is 5.73 Å². The first-order chi connectivity index (χ1) is 4.63. The molecule has 0 heterocycles. The standard InChI is InChI=1S/C7H13FN2/c1-4-6(5(2)9)7(8)10-3/h4,9H2,1-3H3. The minimum Gasteiger partial charge on any atom is -0.402 e. The van der Waals surface area contributed by atoms with Crippen LogP contribution in [0, 0.1) is 0 Å². The molecular weight excluding hydrogens is 131 g/mol. The first kappa shape index (κ1) is 9.14. The fraction of sp³-hybridized carbons (Fsp3) is 0.571. The molecule has 0 aromatic heterocycles. The van der Waals surface area contributed by atoms with Crippen LogP contribution >= 0.6 is 0 Å². The fourth-order valence-corrected chi connectivity index (χ4v) is 0.722. The molecular formula is C7H13FN2. The summed E-state index contributed by atoms with van der Waals surface area (Å²) in [6.07, 6.45) is 0.589. The second kappa shape index (κ2) is 4.04. The van der Waals surface area contributed by atoms with E-state index in [2.05, 4.69) is 4.99 Å². The third kappa shape index (κ3) is 2.17. The van der Waals surface area contributed by atoms with Gasteiger partial charge >= 0.3 is 0 Å². The van der Waals surface area contributed by atoms with E-state index in [9.17, 15) is 4.39 Å². The largest absolute Gasteiger partial charge is 0.402 e. The fourth-order valence-electron chi connectivity index (χ4n) is 0.722. The first-order valence-corrected chi connectivity index (χ1v) is 3.21. The van der Waals surface area contributed by atoms with Crippen molar-refractivity contribution in [2.24, 2.45) is 10.7 Å². The molecule has 0 spiro atoms. The van der Waals surface area contributed by atoms with Gasteiger partial charge in [0.05, 0.1) is 0 Å². The van der Waals surface area contributed by atoms with Crippen LogP contribution in [-0.2, 0) is 0 Å². The van der Waals surface area contributed by atoms with Crippen LogP contribution in [0.4, 0.5) is 4.39 Å². The summed E-state index contributed by atoms with van der Waals surface area (Å²) < 4.78 is 12.7. The van der Waals surface area contributed by atoms with Crippen molar-refractivity contribution in [3.63, 3.8) is 0 Å². The van der Waals surface area contributed by atoms with Crippen molar-refractivity contribution >= 4 is 5.97 Å². The normalized spacial score (nSPS) is 15.0. The summed E-state index contributed by atoms with van der Waals surface area (Å²) in [5.41, 5.74) is 6.39. The molecule has 0 aromatic carbocycles. The van der Waals surface area contributed by atoms with Gasteiger partial charge in [-0.15, -0.1) is 0 Å². The van der Waals surface area contributed by atoms with Crippen molar-refractivity contribution in [1.82, 2.24) is 0 Å². The van der Waals surface area contributed by atoms with E-state index in [0.717, 1.165) is 0 Å². The molecule has 0 aliphatic carbocycles. The van der Waals surface area contributed by atoms with E-state index < -0.39 is 5.97 Å². The van der Waals surface area contributed by atoms with Crippen LogP contribution in [0.1, 0.15) is 20.3 Å². The average molecular weight is 144 g/mol. The quantitative estimate of drug-likeness (QED) is 0.588. The Morgan fingerprint density at radius 1 is 1.60 bits per heavy atom.